The Morgan fingerprint density at radius 3 is 2.44 bits per heavy atom. The van der Waals surface area contributed by atoms with Gasteiger partial charge in [-0.3, -0.25) is 4.79 Å². The highest BCUT2D eigenvalue weighted by atomic mass is 16.5. The molecule has 1 rings (SSSR count). The van der Waals surface area contributed by atoms with Crippen LogP contribution >= 0.6 is 0 Å². The molecule has 0 aliphatic rings. The van der Waals surface area contributed by atoms with E-state index in [9.17, 15) is 4.79 Å². The Bertz CT molecular complexity index is 362. The molecule has 0 aliphatic heterocycles. The molecule has 0 spiro atoms. The van der Waals surface area contributed by atoms with Gasteiger partial charge in [0.15, 0.2) is 0 Å². The van der Waals surface area contributed by atoms with Crippen LogP contribution in [0.25, 0.3) is 0 Å². The highest BCUT2D eigenvalue weighted by Gasteiger charge is 2.15. The lowest BCUT2D eigenvalue weighted by molar-refractivity contribution is -0.143. The number of methoxy groups -OCH3 is 2. The first-order valence-electron chi connectivity index (χ1n) is 6.15. The van der Waals surface area contributed by atoms with Gasteiger partial charge in [0.2, 0.25) is 0 Å². The van der Waals surface area contributed by atoms with E-state index < -0.39 is 0 Å². The molecule has 0 aliphatic carbocycles. The Balaban J connectivity index is 2.37. The molecule has 18 heavy (non-hydrogen) atoms. The van der Waals surface area contributed by atoms with Gasteiger partial charge in [-0.1, -0.05) is 19.1 Å². The summed E-state index contributed by atoms with van der Waals surface area (Å²) in [5.74, 6) is 0.653. The summed E-state index contributed by atoms with van der Waals surface area (Å²) in [6.45, 7) is 2.71. The lowest BCUT2D eigenvalue weighted by Crippen LogP contribution is -2.38. The molecule has 1 atom stereocenters. The van der Waals surface area contributed by atoms with E-state index in [-0.39, 0.29) is 12.0 Å². The minimum absolute atomic E-state index is 0.202. The van der Waals surface area contributed by atoms with Crippen molar-refractivity contribution in [1.82, 2.24) is 5.32 Å². The maximum absolute atomic E-state index is 11.4. The maximum atomic E-state index is 11.4. The van der Waals surface area contributed by atoms with Crippen LogP contribution in [0.1, 0.15) is 18.9 Å². The summed E-state index contributed by atoms with van der Waals surface area (Å²) in [4.78, 5) is 11.4. The largest absolute Gasteiger partial charge is 0.497 e. The predicted octanol–water partition coefficient (Wildman–Crippen LogP) is 1.78. The van der Waals surface area contributed by atoms with Gasteiger partial charge in [-0.05, 0) is 37.1 Å². The number of carbonyl (C=O) groups is 1. The average molecular weight is 251 g/mol. The second-order valence-corrected chi connectivity index (χ2v) is 4.04. The van der Waals surface area contributed by atoms with Gasteiger partial charge in [-0.2, -0.15) is 0 Å². The first kappa shape index (κ1) is 14.5. The van der Waals surface area contributed by atoms with Crippen LogP contribution in [0.5, 0.6) is 5.75 Å². The standard InChI is InChI=1S/C14H21NO3/c1-4-13(14(16)18-3)15-10-9-11-5-7-12(17-2)8-6-11/h5-8,13,15H,4,9-10H2,1-3H3. The van der Waals surface area contributed by atoms with E-state index in [1.54, 1.807) is 7.11 Å². The van der Waals surface area contributed by atoms with Crippen molar-refractivity contribution in [1.29, 1.82) is 0 Å². The average Bonchev–Trinajstić information content (AvgIpc) is 2.43. The zero-order chi connectivity index (χ0) is 13.4. The number of hydrogen-bond acceptors (Lipinski definition) is 4. The molecule has 100 valence electrons. The Labute approximate surface area is 108 Å². The van der Waals surface area contributed by atoms with Crippen LogP contribution in [0.3, 0.4) is 0 Å². The van der Waals surface area contributed by atoms with Gasteiger partial charge < -0.3 is 14.8 Å². The number of esters is 1. The van der Waals surface area contributed by atoms with Crippen molar-refractivity contribution in [2.45, 2.75) is 25.8 Å². The maximum Gasteiger partial charge on any atom is 0.322 e. The first-order chi connectivity index (χ1) is 8.71. The fourth-order valence-electron chi connectivity index (χ4n) is 1.72. The number of hydrogen-bond donors (Lipinski definition) is 1. The molecule has 1 unspecified atom stereocenters. The van der Waals surface area contributed by atoms with E-state index in [0.29, 0.717) is 0 Å². The molecule has 0 saturated heterocycles. The van der Waals surface area contributed by atoms with Crippen LogP contribution in [0.4, 0.5) is 0 Å². The van der Waals surface area contributed by atoms with Crippen molar-refractivity contribution in [2.24, 2.45) is 0 Å². The molecule has 4 nitrogen and oxygen atoms in total. The second kappa shape index (κ2) is 7.71. The lowest BCUT2D eigenvalue weighted by atomic mass is 10.1. The smallest absolute Gasteiger partial charge is 0.322 e. The second-order valence-electron chi connectivity index (χ2n) is 4.04. The molecule has 1 aromatic rings. The number of carbonyl (C=O) groups excluding carboxylic acids is 1. The molecular weight excluding hydrogens is 230 g/mol. The first-order valence-corrected chi connectivity index (χ1v) is 6.15. The van der Waals surface area contributed by atoms with Crippen molar-refractivity contribution in [2.75, 3.05) is 20.8 Å². The normalized spacial score (nSPS) is 11.9. The number of rotatable bonds is 7. The molecule has 0 radical (unpaired) electrons. The van der Waals surface area contributed by atoms with Crippen LogP contribution in [-0.4, -0.2) is 32.8 Å². The summed E-state index contributed by atoms with van der Waals surface area (Å²) in [6.07, 6.45) is 1.60. The zero-order valence-corrected chi connectivity index (χ0v) is 11.2. The molecule has 0 saturated carbocycles. The van der Waals surface area contributed by atoms with Gasteiger partial charge >= 0.3 is 5.97 Å². The van der Waals surface area contributed by atoms with E-state index in [0.717, 1.165) is 25.1 Å². The zero-order valence-electron chi connectivity index (χ0n) is 11.2. The Kier molecular flexibility index (Phi) is 6.22. The highest BCUT2D eigenvalue weighted by molar-refractivity contribution is 5.75. The summed E-state index contributed by atoms with van der Waals surface area (Å²) in [7, 11) is 3.06. The van der Waals surface area contributed by atoms with Crippen molar-refractivity contribution in [3.8, 4) is 5.75 Å². The molecule has 4 heteroatoms. The predicted molar refractivity (Wildman–Crippen MR) is 70.8 cm³/mol. The molecule has 0 fully saturated rings. The third kappa shape index (κ3) is 4.37. The van der Waals surface area contributed by atoms with Crippen molar-refractivity contribution in [3.05, 3.63) is 29.8 Å². The van der Waals surface area contributed by atoms with Crippen LogP contribution in [-0.2, 0) is 16.0 Å². The van der Waals surface area contributed by atoms with Gasteiger partial charge in [0.05, 0.1) is 14.2 Å². The molecule has 1 aromatic carbocycles. The van der Waals surface area contributed by atoms with Gasteiger partial charge in [-0.15, -0.1) is 0 Å². The minimum atomic E-state index is -0.215. The van der Waals surface area contributed by atoms with Crippen molar-refractivity contribution >= 4 is 5.97 Å². The monoisotopic (exact) mass is 251 g/mol. The lowest BCUT2D eigenvalue weighted by Gasteiger charge is -2.14. The fourth-order valence-corrected chi connectivity index (χ4v) is 1.72. The van der Waals surface area contributed by atoms with E-state index >= 15 is 0 Å². The summed E-state index contributed by atoms with van der Waals surface area (Å²) in [5.41, 5.74) is 1.21. The third-order valence-electron chi connectivity index (χ3n) is 2.86. The summed E-state index contributed by atoms with van der Waals surface area (Å²) < 4.78 is 9.82. The summed E-state index contributed by atoms with van der Waals surface area (Å²) in [6, 6.07) is 7.72. The van der Waals surface area contributed by atoms with Gasteiger partial charge in [0, 0.05) is 0 Å². The highest BCUT2D eigenvalue weighted by Crippen LogP contribution is 2.11. The van der Waals surface area contributed by atoms with E-state index in [4.69, 9.17) is 9.47 Å². The fraction of sp³-hybridized carbons (Fsp3) is 0.500. The molecule has 1 N–H and O–H groups in total. The number of ether oxygens (including phenoxy) is 2. The SMILES string of the molecule is CCC(NCCc1ccc(OC)cc1)C(=O)OC. The minimum Gasteiger partial charge on any atom is -0.497 e. The van der Waals surface area contributed by atoms with Gasteiger partial charge in [0.25, 0.3) is 0 Å². The Morgan fingerprint density at radius 1 is 1.28 bits per heavy atom. The van der Waals surface area contributed by atoms with E-state index in [1.807, 2.05) is 31.2 Å². The molecule has 0 bridgehead atoms. The molecule has 0 heterocycles. The van der Waals surface area contributed by atoms with Crippen LogP contribution in [0, 0.1) is 0 Å². The van der Waals surface area contributed by atoms with E-state index in [2.05, 4.69) is 5.32 Å². The topological polar surface area (TPSA) is 47.6 Å². The summed E-state index contributed by atoms with van der Waals surface area (Å²) >= 11 is 0. The van der Waals surface area contributed by atoms with Gasteiger partial charge in [-0.25, -0.2) is 0 Å². The summed E-state index contributed by atoms with van der Waals surface area (Å²) in [5, 5.41) is 3.19. The third-order valence-corrected chi connectivity index (χ3v) is 2.86. The van der Waals surface area contributed by atoms with Crippen LogP contribution in [0.2, 0.25) is 0 Å². The number of nitrogens with one attached hydrogen (secondary N) is 1. The van der Waals surface area contributed by atoms with Crippen molar-refractivity contribution in [3.63, 3.8) is 0 Å². The molecule has 0 amide bonds. The quantitative estimate of drug-likeness (QED) is 0.750. The van der Waals surface area contributed by atoms with Gasteiger partial charge in [0.1, 0.15) is 11.8 Å². The Hall–Kier alpha value is -1.55. The Morgan fingerprint density at radius 2 is 1.94 bits per heavy atom. The van der Waals surface area contributed by atoms with Crippen LogP contribution < -0.4 is 10.1 Å². The molecular formula is C14H21NO3. The number of benzene rings is 1. The van der Waals surface area contributed by atoms with E-state index in [1.165, 1.54) is 12.7 Å². The molecule has 0 aromatic heterocycles. The van der Waals surface area contributed by atoms with Crippen LogP contribution in [0.15, 0.2) is 24.3 Å². The van der Waals surface area contributed by atoms with Crippen molar-refractivity contribution < 1.29 is 14.3 Å².